The molecule has 0 aliphatic heterocycles. The number of aromatic nitrogens is 3. The summed E-state index contributed by atoms with van der Waals surface area (Å²) in [5.41, 5.74) is 3.37. The summed E-state index contributed by atoms with van der Waals surface area (Å²) >= 11 is 0. The molecule has 4 aromatic rings. The molecule has 8 nitrogen and oxygen atoms in total. The number of amides is 1. The molecule has 2 N–H and O–H groups in total. The second kappa shape index (κ2) is 11.6. The van der Waals surface area contributed by atoms with Gasteiger partial charge < -0.3 is 24.5 Å². The summed E-state index contributed by atoms with van der Waals surface area (Å²) in [6.45, 7) is 5.76. The largest absolute Gasteiger partial charge is 0.490 e. The molecule has 0 aliphatic carbocycles. The lowest BCUT2D eigenvalue weighted by molar-refractivity contribution is 0.0488. The van der Waals surface area contributed by atoms with Gasteiger partial charge in [0.1, 0.15) is 18.0 Å². The molecular formula is C29H32N4O4. The van der Waals surface area contributed by atoms with Gasteiger partial charge in [-0.3, -0.25) is 4.98 Å². The number of benzene rings is 1. The first-order valence-corrected chi connectivity index (χ1v) is 12.1. The molecule has 192 valence electrons. The van der Waals surface area contributed by atoms with E-state index in [2.05, 4.69) is 26.3 Å². The number of hydrogen-bond donors (Lipinski definition) is 2. The molecule has 1 unspecified atom stereocenters. The number of para-hydroxylation sites is 1. The van der Waals surface area contributed by atoms with Gasteiger partial charge in [0.2, 0.25) is 5.88 Å². The molecule has 4 rings (SSSR count). The SMILES string of the molecule is COc1cc(C=Cc2cncc(OCC(Cc3c[nH]c4ccccc34)NC(=O)OC(C)(C)C)c2)ccn1. The highest BCUT2D eigenvalue weighted by atomic mass is 16.6. The van der Waals surface area contributed by atoms with E-state index in [4.69, 9.17) is 14.2 Å². The lowest BCUT2D eigenvalue weighted by atomic mass is 10.1. The van der Waals surface area contributed by atoms with Crippen molar-refractivity contribution in [3.8, 4) is 11.6 Å². The summed E-state index contributed by atoms with van der Waals surface area (Å²) in [5.74, 6) is 1.15. The standard InChI is InChI=1S/C29H32N4O4/c1-29(2,3)37-28(34)33-23(15-22-17-32-26-8-6-5-7-25(22)26)19-36-24-13-21(16-30-18-24)10-9-20-11-12-31-27(14-20)35-4/h5-14,16-18,23,32H,15,19H2,1-4H3,(H,33,34). The number of nitrogens with one attached hydrogen (secondary N) is 2. The van der Waals surface area contributed by atoms with Crippen LogP contribution in [0.1, 0.15) is 37.5 Å². The number of nitrogens with zero attached hydrogens (tertiary/aromatic N) is 2. The van der Waals surface area contributed by atoms with E-state index in [1.807, 2.05) is 75.5 Å². The Morgan fingerprint density at radius 2 is 1.92 bits per heavy atom. The monoisotopic (exact) mass is 500 g/mol. The van der Waals surface area contributed by atoms with Gasteiger partial charge in [-0.05, 0) is 62.1 Å². The fraction of sp³-hybridized carbons (Fsp3) is 0.276. The van der Waals surface area contributed by atoms with Crippen LogP contribution in [0, 0.1) is 0 Å². The van der Waals surface area contributed by atoms with E-state index >= 15 is 0 Å². The first kappa shape index (κ1) is 25.8. The number of rotatable bonds is 9. The normalized spacial score (nSPS) is 12.4. The molecule has 37 heavy (non-hydrogen) atoms. The third kappa shape index (κ3) is 7.57. The quantitative estimate of drug-likeness (QED) is 0.308. The van der Waals surface area contributed by atoms with Gasteiger partial charge in [-0.2, -0.15) is 0 Å². The summed E-state index contributed by atoms with van der Waals surface area (Å²) in [7, 11) is 1.59. The summed E-state index contributed by atoms with van der Waals surface area (Å²) in [4.78, 5) is 24.3. The van der Waals surface area contributed by atoms with Gasteiger partial charge >= 0.3 is 6.09 Å². The van der Waals surface area contributed by atoms with Crippen molar-refractivity contribution in [1.82, 2.24) is 20.3 Å². The number of methoxy groups -OCH3 is 1. The predicted octanol–water partition coefficient (Wildman–Crippen LogP) is 5.65. The van der Waals surface area contributed by atoms with Gasteiger partial charge in [0, 0.05) is 35.6 Å². The van der Waals surface area contributed by atoms with E-state index in [0.717, 1.165) is 27.6 Å². The molecule has 1 amide bonds. The average molecular weight is 501 g/mol. The number of alkyl carbamates (subject to hydrolysis) is 1. The van der Waals surface area contributed by atoms with Crippen LogP contribution in [-0.2, 0) is 11.2 Å². The highest BCUT2D eigenvalue weighted by Gasteiger charge is 2.21. The highest BCUT2D eigenvalue weighted by molar-refractivity contribution is 5.83. The Hall–Kier alpha value is -4.33. The Morgan fingerprint density at radius 1 is 1.11 bits per heavy atom. The number of H-pyrrole nitrogens is 1. The molecule has 0 spiro atoms. The molecule has 3 aromatic heterocycles. The highest BCUT2D eigenvalue weighted by Crippen LogP contribution is 2.21. The average Bonchev–Trinajstić information content (AvgIpc) is 3.28. The van der Waals surface area contributed by atoms with Crippen molar-refractivity contribution in [3.05, 3.63) is 83.9 Å². The Kier molecular flexibility index (Phi) is 8.08. The fourth-order valence-corrected chi connectivity index (χ4v) is 3.83. The lowest BCUT2D eigenvalue weighted by Gasteiger charge is -2.24. The number of pyridine rings is 2. The molecule has 1 atom stereocenters. The van der Waals surface area contributed by atoms with Crippen molar-refractivity contribution in [2.45, 2.75) is 38.8 Å². The third-order valence-electron chi connectivity index (χ3n) is 5.48. The molecular weight excluding hydrogens is 468 g/mol. The molecule has 0 saturated heterocycles. The van der Waals surface area contributed by atoms with Crippen molar-refractivity contribution < 1.29 is 19.0 Å². The number of fused-ring (bicyclic) bond motifs is 1. The summed E-state index contributed by atoms with van der Waals surface area (Å²) < 4.78 is 16.7. The first-order chi connectivity index (χ1) is 17.8. The van der Waals surface area contributed by atoms with Crippen LogP contribution in [0.5, 0.6) is 11.6 Å². The van der Waals surface area contributed by atoms with Crippen LogP contribution in [0.4, 0.5) is 4.79 Å². The van der Waals surface area contributed by atoms with Gasteiger partial charge in [-0.1, -0.05) is 30.4 Å². The van der Waals surface area contributed by atoms with Crippen molar-refractivity contribution in [3.63, 3.8) is 0 Å². The maximum absolute atomic E-state index is 12.6. The topological polar surface area (TPSA) is 98.4 Å². The van der Waals surface area contributed by atoms with Gasteiger partial charge in [-0.15, -0.1) is 0 Å². The van der Waals surface area contributed by atoms with Crippen molar-refractivity contribution in [2.24, 2.45) is 0 Å². The molecule has 1 aromatic carbocycles. The zero-order valence-electron chi connectivity index (χ0n) is 21.5. The van der Waals surface area contributed by atoms with Crippen LogP contribution in [0.3, 0.4) is 0 Å². The first-order valence-electron chi connectivity index (χ1n) is 12.1. The minimum absolute atomic E-state index is 0.245. The van der Waals surface area contributed by atoms with Crippen LogP contribution < -0.4 is 14.8 Å². The Labute approximate surface area is 216 Å². The smallest absolute Gasteiger partial charge is 0.408 e. The Balaban J connectivity index is 1.46. The van der Waals surface area contributed by atoms with E-state index in [9.17, 15) is 4.79 Å². The number of carbonyl (C=O) groups excluding carboxylic acids is 1. The maximum atomic E-state index is 12.6. The van der Waals surface area contributed by atoms with Gasteiger partial charge in [0.15, 0.2) is 0 Å². The van der Waals surface area contributed by atoms with E-state index in [0.29, 0.717) is 18.1 Å². The summed E-state index contributed by atoms with van der Waals surface area (Å²) in [5, 5.41) is 4.08. The number of carbonyl (C=O) groups is 1. The number of ether oxygens (including phenoxy) is 3. The molecule has 0 radical (unpaired) electrons. The van der Waals surface area contributed by atoms with Crippen molar-refractivity contribution >= 4 is 29.1 Å². The van der Waals surface area contributed by atoms with Crippen LogP contribution >= 0.6 is 0 Å². The van der Waals surface area contributed by atoms with E-state index in [-0.39, 0.29) is 12.6 Å². The second-order valence-electron chi connectivity index (χ2n) is 9.64. The Bertz CT molecular complexity index is 1370. The molecule has 0 aliphatic rings. The maximum Gasteiger partial charge on any atom is 0.408 e. The van der Waals surface area contributed by atoms with Gasteiger partial charge in [0.25, 0.3) is 0 Å². The van der Waals surface area contributed by atoms with Crippen molar-refractivity contribution in [1.29, 1.82) is 0 Å². The van der Waals surface area contributed by atoms with Crippen LogP contribution in [0.25, 0.3) is 23.1 Å². The summed E-state index contributed by atoms with van der Waals surface area (Å²) in [6, 6.07) is 13.4. The fourth-order valence-electron chi connectivity index (χ4n) is 3.83. The van der Waals surface area contributed by atoms with Crippen LogP contribution in [-0.4, -0.2) is 46.4 Å². The molecule has 0 fully saturated rings. The van der Waals surface area contributed by atoms with E-state index in [1.165, 1.54) is 0 Å². The lowest BCUT2D eigenvalue weighted by Crippen LogP contribution is -2.43. The second-order valence-corrected chi connectivity index (χ2v) is 9.64. The molecule has 0 bridgehead atoms. The zero-order valence-corrected chi connectivity index (χ0v) is 21.5. The predicted molar refractivity (Wildman–Crippen MR) is 145 cm³/mol. The van der Waals surface area contributed by atoms with E-state index < -0.39 is 11.7 Å². The van der Waals surface area contributed by atoms with Gasteiger partial charge in [0.05, 0.1) is 19.3 Å². The molecule has 0 saturated carbocycles. The van der Waals surface area contributed by atoms with Crippen LogP contribution in [0.2, 0.25) is 0 Å². The number of hydrogen-bond acceptors (Lipinski definition) is 6. The van der Waals surface area contributed by atoms with Gasteiger partial charge in [-0.25, -0.2) is 9.78 Å². The zero-order chi connectivity index (χ0) is 26.3. The summed E-state index contributed by atoms with van der Waals surface area (Å²) in [6.07, 6.45) is 11.1. The van der Waals surface area contributed by atoms with Crippen molar-refractivity contribution in [2.75, 3.05) is 13.7 Å². The minimum Gasteiger partial charge on any atom is -0.490 e. The minimum atomic E-state index is -0.598. The molecule has 3 heterocycles. The Morgan fingerprint density at radius 3 is 2.73 bits per heavy atom. The van der Waals surface area contributed by atoms with Crippen LogP contribution in [0.15, 0.2) is 67.3 Å². The number of aromatic amines is 1. The van der Waals surface area contributed by atoms with E-state index in [1.54, 1.807) is 25.7 Å². The molecule has 8 heteroatoms. The third-order valence-corrected chi connectivity index (χ3v) is 5.48.